The number of aromatic nitrogens is 4. The van der Waals surface area contributed by atoms with Crippen molar-refractivity contribution in [2.45, 2.75) is 19.4 Å². The zero-order chi connectivity index (χ0) is 22.9. The molecular weight excluding hydrogens is 426 g/mol. The summed E-state index contributed by atoms with van der Waals surface area (Å²) >= 11 is 0. The van der Waals surface area contributed by atoms with E-state index in [1.807, 2.05) is 49.4 Å². The van der Waals surface area contributed by atoms with Gasteiger partial charge in [-0.3, -0.25) is 14.9 Å². The first kappa shape index (κ1) is 20.4. The maximum absolute atomic E-state index is 12.3. The summed E-state index contributed by atoms with van der Waals surface area (Å²) in [6.45, 7) is 2.30. The van der Waals surface area contributed by atoms with Crippen LogP contribution < -0.4 is 15.6 Å². The Morgan fingerprint density at radius 1 is 1.09 bits per heavy atom. The van der Waals surface area contributed by atoms with Crippen molar-refractivity contribution in [3.8, 4) is 28.3 Å². The van der Waals surface area contributed by atoms with Gasteiger partial charge < -0.3 is 19.4 Å². The number of cyclic esters (lactones) is 1. The van der Waals surface area contributed by atoms with E-state index in [4.69, 9.17) is 9.47 Å². The van der Waals surface area contributed by atoms with Crippen LogP contribution in [0, 0.1) is 0 Å². The number of carbonyl (C=O) groups excluding carboxylic acids is 2. The molecule has 0 saturated carbocycles. The van der Waals surface area contributed by atoms with Gasteiger partial charge in [0.2, 0.25) is 0 Å². The monoisotopic (exact) mass is 445 g/mol. The normalized spacial score (nSPS) is 15.5. The molecule has 2 amide bonds. The van der Waals surface area contributed by atoms with Crippen molar-refractivity contribution in [1.82, 2.24) is 25.3 Å². The van der Waals surface area contributed by atoms with Crippen LogP contribution in [0.1, 0.15) is 12.5 Å². The number of hydrogen-bond donors (Lipinski definition) is 3. The molecule has 10 heteroatoms. The number of nitrogens with one attached hydrogen (secondary N) is 3. The second-order valence-corrected chi connectivity index (χ2v) is 7.45. The van der Waals surface area contributed by atoms with Crippen molar-refractivity contribution in [2.24, 2.45) is 0 Å². The predicted octanol–water partition coefficient (Wildman–Crippen LogP) is 2.56. The molecule has 3 N–H and O–H groups in total. The lowest BCUT2D eigenvalue weighted by Crippen LogP contribution is -2.25. The molecule has 2 aromatic carbocycles. The second-order valence-electron chi connectivity index (χ2n) is 7.45. The Labute approximate surface area is 187 Å². The van der Waals surface area contributed by atoms with E-state index in [9.17, 15) is 14.4 Å². The molecule has 1 saturated heterocycles. The minimum Gasteiger partial charge on any atom is -0.493 e. The van der Waals surface area contributed by atoms with Crippen molar-refractivity contribution in [1.29, 1.82) is 0 Å². The largest absolute Gasteiger partial charge is 0.493 e. The lowest BCUT2D eigenvalue weighted by atomic mass is 9.98. The molecule has 2 aromatic heterocycles. The average Bonchev–Trinajstić information content (AvgIpc) is 3.40. The van der Waals surface area contributed by atoms with Gasteiger partial charge in [0, 0.05) is 6.42 Å². The summed E-state index contributed by atoms with van der Waals surface area (Å²) in [5.74, 6) is 0.491. The maximum atomic E-state index is 12.3. The summed E-state index contributed by atoms with van der Waals surface area (Å²) in [6.07, 6.45) is 0.135. The van der Waals surface area contributed by atoms with E-state index >= 15 is 0 Å². The third-order valence-electron chi connectivity index (χ3n) is 5.27. The molecule has 1 fully saturated rings. The average molecular weight is 445 g/mol. The Morgan fingerprint density at radius 2 is 1.94 bits per heavy atom. The van der Waals surface area contributed by atoms with Gasteiger partial charge in [0.15, 0.2) is 17.3 Å². The number of benzene rings is 2. The molecule has 33 heavy (non-hydrogen) atoms. The van der Waals surface area contributed by atoms with Crippen molar-refractivity contribution in [2.75, 3.05) is 6.61 Å². The highest BCUT2D eigenvalue weighted by atomic mass is 16.6. The van der Waals surface area contributed by atoms with Gasteiger partial charge in [-0.1, -0.05) is 30.3 Å². The molecule has 0 aliphatic carbocycles. The van der Waals surface area contributed by atoms with Gasteiger partial charge in [-0.25, -0.2) is 14.8 Å². The number of imide groups is 1. The van der Waals surface area contributed by atoms with E-state index < -0.39 is 18.1 Å². The molecule has 0 spiro atoms. The summed E-state index contributed by atoms with van der Waals surface area (Å²) in [6, 6.07) is 13.2. The molecule has 1 atom stereocenters. The Bertz CT molecular complexity index is 1440. The van der Waals surface area contributed by atoms with Crippen LogP contribution in [-0.4, -0.2) is 44.6 Å². The van der Waals surface area contributed by atoms with E-state index in [-0.39, 0.29) is 17.5 Å². The summed E-state index contributed by atoms with van der Waals surface area (Å²) in [4.78, 5) is 49.5. The molecule has 3 heterocycles. The van der Waals surface area contributed by atoms with Crippen LogP contribution in [0.5, 0.6) is 5.75 Å². The number of rotatable bonds is 6. The van der Waals surface area contributed by atoms with Crippen molar-refractivity contribution >= 4 is 23.2 Å². The molecule has 166 valence electrons. The Kier molecular flexibility index (Phi) is 5.09. The smallest absolute Gasteiger partial charge is 0.414 e. The number of fused-ring (bicyclic) bond motifs is 1. The standard InChI is InChI=1S/C23H19N5O5/c1-2-32-16-10-14(6-7-15(16)19-26-20-18(22(30)27-19)24-11-25-20)13-5-3-4-12(8-13)9-17-21(29)28-23(31)33-17/h3-8,10-11,17H,2,9H2,1H3,(H,28,29,31)(H2,24,25,26,27,30). The van der Waals surface area contributed by atoms with E-state index in [1.54, 1.807) is 0 Å². The molecule has 10 nitrogen and oxygen atoms in total. The maximum Gasteiger partial charge on any atom is 0.414 e. The van der Waals surface area contributed by atoms with Crippen LogP contribution in [0.3, 0.4) is 0 Å². The van der Waals surface area contributed by atoms with Gasteiger partial charge in [-0.2, -0.15) is 0 Å². The second kappa shape index (κ2) is 8.23. The van der Waals surface area contributed by atoms with Gasteiger partial charge in [0.05, 0.1) is 18.5 Å². The fraction of sp³-hybridized carbons (Fsp3) is 0.174. The molecule has 0 bridgehead atoms. The highest BCUT2D eigenvalue weighted by Crippen LogP contribution is 2.33. The number of H-pyrrole nitrogens is 2. The number of carbonyl (C=O) groups is 2. The number of aromatic amines is 2. The first-order valence-corrected chi connectivity index (χ1v) is 10.3. The highest BCUT2D eigenvalue weighted by Gasteiger charge is 2.32. The SMILES string of the molecule is CCOc1cc(-c2cccc(CC3OC(=O)NC3=O)c2)ccc1-c1nc2[nH]cnc2c(=O)[nH]1. The van der Waals surface area contributed by atoms with Crippen LogP contribution in [0.25, 0.3) is 33.7 Å². The highest BCUT2D eigenvalue weighted by molar-refractivity contribution is 6.00. The third kappa shape index (κ3) is 3.93. The fourth-order valence-electron chi connectivity index (χ4n) is 3.76. The lowest BCUT2D eigenvalue weighted by Gasteiger charge is -2.13. The topological polar surface area (TPSA) is 139 Å². The molecule has 4 aromatic rings. The van der Waals surface area contributed by atoms with Gasteiger partial charge in [0.1, 0.15) is 11.6 Å². The Morgan fingerprint density at radius 3 is 2.73 bits per heavy atom. The van der Waals surface area contributed by atoms with E-state index in [1.165, 1.54) is 6.33 Å². The number of hydrogen-bond acceptors (Lipinski definition) is 7. The van der Waals surface area contributed by atoms with E-state index in [2.05, 4.69) is 25.3 Å². The van der Waals surface area contributed by atoms with Gasteiger partial charge in [-0.05, 0) is 35.7 Å². The van der Waals surface area contributed by atoms with E-state index in [0.717, 1.165) is 16.7 Å². The summed E-state index contributed by atoms with van der Waals surface area (Å²) in [5, 5.41) is 2.14. The van der Waals surface area contributed by atoms with Crippen molar-refractivity contribution in [3.63, 3.8) is 0 Å². The fourth-order valence-corrected chi connectivity index (χ4v) is 3.76. The van der Waals surface area contributed by atoms with Gasteiger partial charge >= 0.3 is 6.09 Å². The predicted molar refractivity (Wildman–Crippen MR) is 119 cm³/mol. The molecule has 1 aliphatic heterocycles. The van der Waals surface area contributed by atoms with Crippen LogP contribution in [0.4, 0.5) is 4.79 Å². The first-order chi connectivity index (χ1) is 16.0. The quantitative estimate of drug-likeness (QED) is 0.414. The minimum atomic E-state index is -0.839. The molecule has 1 aliphatic rings. The number of alkyl carbamates (subject to hydrolysis) is 1. The molecular formula is C23H19N5O5. The summed E-state index contributed by atoms with van der Waals surface area (Å²) in [5.41, 5.74) is 3.56. The van der Waals surface area contributed by atoms with Gasteiger partial charge in [0.25, 0.3) is 11.5 Å². The van der Waals surface area contributed by atoms with Crippen LogP contribution in [0.15, 0.2) is 53.6 Å². The van der Waals surface area contributed by atoms with Crippen LogP contribution >= 0.6 is 0 Å². The third-order valence-corrected chi connectivity index (χ3v) is 5.27. The number of ether oxygens (including phenoxy) is 2. The number of nitrogens with zero attached hydrogens (tertiary/aromatic N) is 2. The molecule has 1 unspecified atom stereocenters. The van der Waals surface area contributed by atoms with Crippen molar-refractivity contribution < 1.29 is 19.1 Å². The Balaban J connectivity index is 1.49. The van der Waals surface area contributed by atoms with Gasteiger partial charge in [-0.15, -0.1) is 0 Å². The molecule has 5 rings (SSSR count). The number of imidazole rings is 1. The molecule has 0 radical (unpaired) electrons. The minimum absolute atomic E-state index is 0.242. The summed E-state index contributed by atoms with van der Waals surface area (Å²) < 4.78 is 10.9. The number of amides is 2. The zero-order valence-electron chi connectivity index (χ0n) is 17.5. The zero-order valence-corrected chi connectivity index (χ0v) is 17.5. The Hall–Kier alpha value is -4.47. The van der Waals surface area contributed by atoms with Crippen LogP contribution in [-0.2, 0) is 16.0 Å². The lowest BCUT2D eigenvalue weighted by molar-refractivity contribution is -0.123. The summed E-state index contributed by atoms with van der Waals surface area (Å²) in [7, 11) is 0. The van der Waals surface area contributed by atoms with Crippen molar-refractivity contribution in [3.05, 3.63) is 64.7 Å². The van der Waals surface area contributed by atoms with Crippen LogP contribution in [0.2, 0.25) is 0 Å². The van der Waals surface area contributed by atoms with E-state index in [0.29, 0.717) is 29.4 Å². The first-order valence-electron chi connectivity index (χ1n) is 10.3.